The van der Waals surface area contributed by atoms with Gasteiger partial charge in [0.25, 0.3) is 5.56 Å². The van der Waals surface area contributed by atoms with Crippen molar-refractivity contribution in [2.45, 2.75) is 6.92 Å². The van der Waals surface area contributed by atoms with E-state index in [-0.39, 0.29) is 24.0 Å². The first-order valence-corrected chi connectivity index (χ1v) is 8.58. The van der Waals surface area contributed by atoms with Gasteiger partial charge in [-0.3, -0.25) is 9.78 Å². The Morgan fingerprint density at radius 3 is 2.64 bits per heavy atom. The van der Waals surface area contributed by atoms with E-state index in [4.69, 9.17) is 9.47 Å². The summed E-state index contributed by atoms with van der Waals surface area (Å²) in [5.74, 6) is 1.52. The normalized spacial score (nSPS) is 12.8. The Labute approximate surface area is 160 Å². The van der Waals surface area contributed by atoms with E-state index in [1.165, 1.54) is 5.56 Å². The van der Waals surface area contributed by atoms with E-state index in [9.17, 15) is 4.79 Å². The largest absolute Gasteiger partial charge is 0.454 e. The number of hydrogen-bond donors (Lipinski definition) is 2. The highest BCUT2D eigenvalue weighted by molar-refractivity contribution is 5.81. The van der Waals surface area contributed by atoms with E-state index in [1.807, 2.05) is 43.3 Å². The van der Waals surface area contributed by atoms with E-state index in [0.717, 1.165) is 11.1 Å². The highest BCUT2D eigenvalue weighted by Gasteiger charge is 2.12. The Bertz CT molecular complexity index is 1100. The molecule has 0 unspecified atom stereocenters. The average molecular weight is 375 g/mol. The fraction of sp³-hybridized carbons (Fsp3) is 0.100. The maximum absolute atomic E-state index is 12.1. The summed E-state index contributed by atoms with van der Waals surface area (Å²) >= 11 is 0. The summed E-state index contributed by atoms with van der Waals surface area (Å²) in [4.78, 5) is 14.7. The van der Waals surface area contributed by atoms with Crippen LogP contribution in [0.5, 0.6) is 11.5 Å². The predicted octanol–water partition coefficient (Wildman–Crippen LogP) is 2.82. The van der Waals surface area contributed by atoms with E-state index in [2.05, 4.69) is 25.7 Å². The SMILES string of the molecule is Cc1ccc(/C=C/c2nnc(NN=Cc3ccc4c(c3)OCO4)[nH]c2=O)cc1. The van der Waals surface area contributed by atoms with Crippen molar-refractivity contribution in [1.29, 1.82) is 0 Å². The van der Waals surface area contributed by atoms with Crippen LogP contribution in [0.4, 0.5) is 5.95 Å². The average Bonchev–Trinajstić information content (AvgIpc) is 3.16. The van der Waals surface area contributed by atoms with Crippen molar-refractivity contribution in [3.05, 3.63) is 75.2 Å². The maximum Gasteiger partial charge on any atom is 0.278 e. The first-order valence-electron chi connectivity index (χ1n) is 8.58. The van der Waals surface area contributed by atoms with Crippen LogP contribution in [0.25, 0.3) is 12.2 Å². The van der Waals surface area contributed by atoms with Gasteiger partial charge in [0.2, 0.25) is 12.7 Å². The number of ether oxygens (including phenoxy) is 2. The molecule has 0 amide bonds. The first-order chi connectivity index (χ1) is 13.7. The molecule has 8 nitrogen and oxygen atoms in total. The molecular formula is C20H17N5O3. The number of nitrogens with zero attached hydrogens (tertiary/aromatic N) is 3. The molecule has 0 atom stereocenters. The number of fused-ring (bicyclic) bond motifs is 1. The Morgan fingerprint density at radius 2 is 1.82 bits per heavy atom. The van der Waals surface area contributed by atoms with Gasteiger partial charge >= 0.3 is 0 Å². The van der Waals surface area contributed by atoms with Crippen LogP contribution in [0.15, 0.2) is 52.4 Å². The van der Waals surface area contributed by atoms with E-state index < -0.39 is 0 Å². The Morgan fingerprint density at radius 1 is 1.04 bits per heavy atom. The van der Waals surface area contributed by atoms with Gasteiger partial charge in [0.1, 0.15) is 0 Å². The molecule has 0 radical (unpaired) electrons. The fourth-order valence-electron chi connectivity index (χ4n) is 2.52. The van der Waals surface area contributed by atoms with Gasteiger partial charge in [0.05, 0.1) is 6.21 Å². The number of H-pyrrole nitrogens is 1. The van der Waals surface area contributed by atoms with Crippen LogP contribution >= 0.6 is 0 Å². The molecule has 1 aromatic heterocycles. The Hall–Kier alpha value is -3.94. The monoisotopic (exact) mass is 375 g/mol. The van der Waals surface area contributed by atoms with Crippen LogP contribution in [0, 0.1) is 6.92 Å². The number of hydrogen-bond acceptors (Lipinski definition) is 7. The van der Waals surface area contributed by atoms with Crippen molar-refractivity contribution in [3.8, 4) is 11.5 Å². The Kier molecular flexibility index (Phi) is 4.83. The zero-order chi connectivity index (χ0) is 19.3. The summed E-state index contributed by atoms with van der Waals surface area (Å²) in [6.07, 6.45) is 5.01. The molecule has 1 aliphatic heterocycles. The molecule has 2 aromatic carbocycles. The number of anilines is 1. The summed E-state index contributed by atoms with van der Waals surface area (Å²) in [6.45, 7) is 2.24. The standard InChI is InChI=1S/C20H17N5O3/c1-13-2-4-14(5-3-13)6-8-16-19(26)22-20(25-23-16)24-21-11-15-7-9-17-18(10-15)28-12-27-17/h2-11H,12H2,1H3,(H2,22,24,25,26)/b8-6+,21-11?. The number of aryl methyl sites for hydroxylation is 1. The van der Waals surface area contributed by atoms with Crippen LogP contribution in [-0.2, 0) is 0 Å². The number of nitrogens with one attached hydrogen (secondary N) is 2. The van der Waals surface area contributed by atoms with Crippen LogP contribution in [-0.4, -0.2) is 28.2 Å². The van der Waals surface area contributed by atoms with Gasteiger partial charge in [-0.25, -0.2) is 5.43 Å². The fourth-order valence-corrected chi connectivity index (χ4v) is 2.52. The smallest absolute Gasteiger partial charge is 0.278 e. The van der Waals surface area contributed by atoms with Gasteiger partial charge in [-0.05, 0) is 42.3 Å². The highest BCUT2D eigenvalue weighted by atomic mass is 16.7. The number of rotatable bonds is 5. The van der Waals surface area contributed by atoms with Crippen molar-refractivity contribution < 1.29 is 9.47 Å². The van der Waals surface area contributed by atoms with Gasteiger partial charge in [0, 0.05) is 0 Å². The van der Waals surface area contributed by atoms with E-state index in [0.29, 0.717) is 11.5 Å². The summed E-state index contributed by atoms with van der Waals surface area (Å²) in [6, 6.07) is 13.4. The summed E-state index contributed by atoms with van der Waals surface area (Å²) in [5, 5.41) is 11.9. The lowest BCUT2D eigenvalue weighted by atomic mass is 10.1. The molecule has 0 bridgehead atoms. The third-order valence-corrected chi connectivity index (χ3v) is 4.01. The lowest BCUT2D eigenvalue weighted by Gasteiger charge is -2.00. The summed E-state index contributed by atoms with van der Waals surface area (Å²) in [5.41, 5.74) is 5.46. The van der Waals surface area contributed by atoms with Crippen LogP contribution in [0.3, 0.4) is 0 Å². The van der Waals surface area contributed by atoms with Crippen molar-refractivity contribution in [3.63, 3.8) is 0 Å². The van der Waals surface area contributed by atoms with Gasteiger partial charge in [0.15, 0.2) is 17.2 Å². The van der Waals surface area contributed by atoms with Crippen molar-refractivity contribution in [2.24, 2.45) is 5.10 Å². The van der Waals surface area contributed by atoms with Gasteiger partial charge in [-0.15, -0.1) is 10.2 Å². The second-order valence-corrected chi connectivity index (χ2v) is 6.11. The quantitative estimate of drug-likeness (QED) is 0.525. The van der Waals surface area contributed by atoms with Crippen molar-refractivity contribution in [1.82, 2.24) is 15.2 Å². The van der Waals surface area contributed by atoms with E-state index >= 15 is 0 Å². The lowest BCUT2D eigenvalue weighted by molar-refractivity contribution is 0.174. The number of aromatic amines is 1. The molecule has 0 fully saturated rings. The molecule has 8 heteroatoms. The molecule has 4 rings (SSSR count). The molecule has 3 aromatic rings. The number of hydrazone groups is 1. The van der Waals surface area contributed by atoms with Crippen molar-refractivity contribution >= 4 is 24.3 Å². The van der Waals surface area contributed by atoms with Crippen LogP contribution in [0.2, 0.25) is 0 Å². The number of aromatic nitrogens is 3. The third-order valence-electron chi connectivity index (χ3n) is 4.01. The molecule has 2 heterocycles. The molecular weight excluding hydrogens is 358 g/mol. The van der Waals surface area contributed by atoms with Gasteiger partial charge in [-0.2, -0.15) is 5.10 Å². The highest BCUT2D eigenvalue weighted by Crippen LogP contribution is 2.31. The molecule has 0 aliphatic carbocycles. The van der Waals surface area contributed by atoms with Crippen molar-refractivity contribution in [2.75, 3.05) is 12.2 Å². The van der Waals surface area contributed by atoms with Gasteiger partial charge < -0.3 is 9.47 Å². The molecule has 0 spiro atoms. The van der Waals surface area contributed by atoms with Gasteiger partial charge in [-0.1, -0.05) is 35.9 Å². The third kappa shape index (κ3) is 4.07. The molecule has 0 saturated heterocycles. The second kappa shape index (κ2) is 7.75. The zero-order valence-corrected chi connectivity index (χ0v) is 15.0. The van der Waals surface area contributed by atoms with Crippen LogP contribution < -0.4 is 20.5 Å². The topological polar surface area (TPSA) is 101 Å². The Balaban J connectivity index is 1.41. The summed E-state index contributed by atoms with van der Waals surface area (Å²) in [7, 11) is 0. The summed E-state index contributed by atoms with van der Waals surface area (Å²) < 4.78 is 10.6. The second-order valence-electron chi connectivity index (χ2n) is 6.11. The minimum absolute atomic E-state index is 0.148. The molecule has 1 aliphatic rings. The molecule has 28 heavy (non-hydrogen) atoms. The zero-order valence-electron chi connectivity index (χ0n) is 15.0. The number of benzene rings is 2. The van der Waals surface area contributed by atoms with E-state index in [1.54, 1.807) is 24.4 Å². The minimum atomic E-state index is -0.362. The first kappa shape index (κ1) is 17.5. The predicted molar refractivity (Wildman–Crippen MR) is 107 cm³/mol. The lowest BCUT2D eigenvalue weighted by Crippen LogP contribution is -2.15. The minimum Gasteiger partial charge on any atom is -0.454 e. The molecule has 0 saturated carbocycles. The maximum atomic E-state index is 12.1. The van der Waals surface area contributed by atoms with Crippen LogP contribution in [0.1, 0.15) is 22.4 Å². The molecule has 140 valence electrons. The molecule has 2 N–H and O–H groups in total.